The van der Waals surface area contributed by atoms with Crippen molar-refractivity contribution in [1.82, 2.24) is 19.7 Å². The fraction of sp³-hybridized carbons (Fsp3) is 0.375. The van der Waals surface area contributed by atoms with Crippen LogP contribution in [-0.2, 0) is 16.3 Å². The first-order chi connectivity index (χ1) is 16.9. The van der Waals surface area contributed by atoms with E-state index in [0.717, 1.165) is 43.5 Å². The summed E-state index contributed by atoms with van der Waals surface area (Å²) >= 11 is 1.27. The molecule has 13 heteroatoms. The molecular formula is C24H28N4Na2O6S. The van der Waals surface area contributed by atoms with Gasteiger partial charge < -0.3 is 23.9 Å². The molecule has 0 unspecified atom stereocenters. The summed E-state index contributed by atoms with van der Waals surface area (Å²) in [6.07, 6.45) is 3.52. The van der Waals surface area contributed by atoms with Crippen LogP contribution in [0.3, 0.4) is 0 Å². The predicted octanol–water partition coefficient (Wildman–Crippen LogP) is -3.78. The largest absolute Gasteiger partial charge is 1.00 e. The molecule has 0 radical (unpaired) electrons. The van der Waals surface area contributed by atoms with E-state index >= 15 is 0 Å². The first-order valence-corrected chi connectivity index (χ1v) is 11.5. The Bertz CT molecular complexity index is 1300. The number of fused-ring (bicyclic) bond motifs is 1. The Hall–Kier alpha value is -1.25. The van der Waals surface area contributed by atoms with Gasteiger partial charge in [-0.05, 0) is 37.1 Å². The number of carbonyl (C=O) groups is 2. The van der Waals surface area contributed by atoms with Crippen molar-refractivity contribution in [2.24, 2.45) is 0 Å². The van der Waals surface area contributed by atoms with Gasteiger partial charge in [0.1, 0.15) is 18.2 Å². The molecule has 0 N–H and O–H groups in total. The van der Waals surface area contributed by atoms with Crippen LogP contribution in [0, 0.1) is 20.8 Å². The fourth-order valence-corrected chi connectivity index (χ4v) is 3.76. The molecule has 0 spiro atoms. The number of Topliss-reactive ketones (excluding diaryl/α,β-unsaturated/α-hetero) is 1. The zero-order valence-electron chi connectivity index (χ0n) is 22.6. The summed E-state index contributed by atoms with van der Waals surface area (Å²) in [7, 11) is 3.13. The van der Waals surface area contributed by atoms with E-state index in [0.29, 0.717) is 40.6 Å². The van der Waals surface area contributed by atoms with Crippen molar-refractivity contribution in [3.63, 3.8) is 0 Å². The Kier molecular flexibility index (Phi) is 16.8. The van der Waals surface area contributed by atoms with E-state index < -0.39 is 0 Å². The fourth-order valence-electron chi connectivity index (χ4n) is 3.02. The number of hydrogen-bond donors (Lipinski definition) is 0. The van der Waals surface area contributed by atoms with Gasteiger partial charge >= 0.3 is 59.1 Å². The van der Waals surface area contributed by atoms with Gasteiger partial charge in [0, 0.05) is 43.8 Å². The Morgan fingerprint density at radius 2 is 1.68 bits per heavy atom. The molecule has 3 aromatic heterocycles. The molecule has 0 aliphatic heterocycles. The van der Waals surface area contributed by atoms with Crippen LogP contribution in [0.4, 0.5) is 0 Å². The minimum atomic E-state index is -0.134. The maximum Gasteiger partial charge on any atom is 1.00 e. The number of nitrogens with zero attached hydrogens (tertiary/aromatic N) is 4. The van der Waals surface area contributed by atoms with E-state index in [-0.39, 0.29) is 64.9 Å². The molecule has 1 saturated carbocycles. The second kappa shape index (κ2) is 17.4. The minimum Gasteiger partial charge on any atom is -0.857 e. The van der Waals surface area contributed by atoms with Crippen LogP contribution >= 0.6 is 11.3 Å². The summed E-state index contributed by atoms with van der Waals surface area (Å²) in [5, 5.41) is 27.3. The van der Waals surface area contributed by atoms with E-state index in [4.69, 9.17) is 19.4 Å². The number of methoxy groups -OCH3 is 1. The molecule has 10 nitrogen and oxygen atoms in total. The molecule has 1 aromatic carbocycles. The van der Waals surface area contributed by atoms with E-state index in [1.807, 2.05) is 23.8 Å². The number of aromatic nitrogens is 4. The maximum absolute atomic E-state index is 13.2. The van der Waals surface area contributed by atoms with Crippen molar-refractivity contribution in [2.75, 3.05) is 21.3 Å². The van der Waals surface area contributed by atoms with Gasteiger partial charge in [-0.15, -0.1) is 21.5 Å². The summed E-state index contributed by atoms with van der Waals surface area (Å²) in [4.78, 5) is 27.1. The second-order valence-electron chi connectivity index (χ2n) is 7.42. The number of carbonyl (C=O) groups excluding carboxylic acids is 2. The minimum absolute atomic E-state index is 0. The van der Waals surface area contributed by atoms with E-state index in [1.165, 1.54) is 16.9 Å². The molecule has 1 aliphatic carbocycles. The number of rotatable bonds is 5. The quantitative estimate of drug-likeness (QED) is 0.182. The second-order valence-corrected chi connectivity index (χ2v) is 8.27. The Balaban J connectivity index is 0.00000114. The van der Waals surface area contributed by atoms with Gasteiger partial charge in [0.05, 0.1) is 11.1 Å². The Labute approximate surface area is 264 Å². The summed E-state index contributed by atoms with van der Waals surface area (Å²) < 4.78 is 12.6. The molecular weight excluding hydrogens is 518 g/mol. The van der Waals surface area contributed by atoms with Crippen LogP contribution < -0.4 is 69.3 Å². The average Bonchev–Trinajstić information content (AvgIpc) is 3.23. The van der Waals surface area contributed by atoms with E-state index in [2.05, 4.69) is 28.2 Å². The van der Waals surface area contributed by atoms with Crippen LogP contribution in [0.15, 0.2) is 28.1 Å². The van der Waals surface area contributed by atoms with Gasteiger partial charge in [0.2, 0.25) is 11.7 Å². The molecule has 0 saturated heterocycles. The van der Waals surface area contributed by atoms with E-state index in [9.17, 15) is 9.59 Å². The first kappa shape index (κ1) is 35.8. The molecule has 188 valence electrons. The van der Waals surface area contributed by atoms with Crippen molar-refractivity contribution < 1.29 is 88.1 Å². The standard InChI is InChI=1S/C19H18N4O3S.C3H4O.2CH3O.2Na/c1-10-5-13-14(7-23(9-25-4)16(13)6-11(10)2)17(24)19-20-15(8-27-19)18-22-21-12(3)26-18;4-3-1-2-3;2*1-2;;/h5-8H,9H2,1-4H3;1-2H2;2*1H3;;/q;;2*-1;2*+1. The van der Waals surface area contributed by atoms with Gasteiger partial charge in [-0.25, -0.2) is 4.98 Å². The molecule has 0 amide bonds. The van der Waals surface area contributed by atoms with Gasteiger partial charge in [0.15, 0.2) is 5.01 Å². The van der Waals surface area contributed by atoms with Crippen molar-refractivity contribution in [3.05, 3.63) is 51.3 Å². The summed E-state index contributed by atoms with van der Waals surface area (Å²) in [5.74, 6) is 1.06. The predicted molar refractivity (Wildman–Crippen MR) is 128 cm³/mol. The van der Waals surface area contributed by atoms with Gasteiger partial charge in [0.25, 0.3) is 5.89 Å². The van der Waals surface area contributed by atoms with Crippen LogP contribution in [0.25, 0.3) is 22.5 Å². The van der Waals surface area contributed by atoms with Crippen LogP contribution in [0.1, 0.15) is 45.2 Å². The third kappa shape index (κ3) is 9.47. The van der Waals surface area contributed by atoms with Crippen molar-refractivity contribution in [2.45, 2.75) is 40.3 Å². The Morgan fingerprint density at radius 3 is 2.19 bits per heavy atom. The zero-order valence-corrected chi connectivity index (χ0v) is 27.4. The molecule has 4 aromatic rings. The van der Waals surface area contributed by atoms with E-state index in [1.54, 1.807) is 19.4 Å². The van der Waals surface area contributed by atoms with Gasteiger partial charge in [-0.2, -0.15) is 14.2 Å². The zero-order chi connectivity index (χ0) is 26.1. The Morgan fingerprint density at radius 1 is 1.08 bits per heavy atom. The third-order valence-corrected chi connectivity index (χ3v) is 5.75. The van der Waals surface area contributed by atoms with Crippen molar-refractivity contribution in [1.29, 1.82) is 0 Å². The average molecular weight is 547 g/mol. The van der Waals surface area contributed by atoms with Crippen molar-refractivity contribution >= 4 is 33.8 Å². The first-order valence-electron chi connectivity index (χ1n) is 10.6. The van der Waals surface area contributed by atoms with Crippen LogP contribution in [0.5, 0.6) is 0 Å². The maximum atomic E-state index is 13.2. The molecule has 3 heterocycles. The molecule has 0 atom stereocenters. The normalized spacial score (nSPS) is 11.0. The topological polar surface area (TPSA) is 146 Å². The number of benzene rings is 1. The number of hydrogen-bond acceptors (Lipinski definition) is 10. The summed E-state index contributed by atoms with van der Waals surface area (Å²) in [6, 6.07) is 4.12. The molecule has 1 fully saturated rings. The number of ether oxygens (including phenoxy) is 1. The van der Waals surface area contributed by atoms with Crippen molar-refractivity contribution in [3.8, 4) is 11.6 Å². The molecule has 5 rings (SSSR count). The number of aryl methyl sites for hydroxylation is 3. The SMILES string of the molecule is COCn1cc(C(=O)c2nc(-c3nnc(C)o3)cs2)c2cc(C)c(C)cc21.C[O-].C[O-].O=C1CC1.[Na+].[Na+]. The smallest absolute Gasteiger partial charge is 0.857 e. The molecule has 0 bridgehead atoms. The number of thiazole rings is 1. The third-order valence-electron chi connectivity index (χ3n) is 4.91. The monoisotopic (exact) mass is 546 g/mol. The van der Waals surface area contributed by atoms with Crippen LogP contribution in [0.2, 0.25) is 0 Å². The molecule has 1 aliphatic rings. The molecule has 37 heavy (non-hydrogen) atoms. The van der Waals surface area contributed by atoms with Crippen LogP contribution in [-0.4, -0.2) is 52.6 Å². The summed E-state index contributed by atoms with van der Waals surface area (Å²) in [5.41, 5.74) is 4.38. The van der Waals surface area contributed by atoms with Gasteiger partial charge in [-0.3, -0.25) is 9.59 Å². The van der Waals surface area contributed by atoms with Gasteiger partial charge in [-0.1, -0.05) is 0 Å². The number of ketones is 2. The summed E-state index contributed by atoms with van der Waals surface area (Å²) in [6.45, 7) is 6.18.